The third kappa shape index (κ3) is 2.76. The molecule has 1 fully saturated rings. The molecule has 0 aromatic heterocycles. The third-order valence-corrected chi connectivity index (χ3v) is 1.68. The Morgan fingerprint density at radius 1 is 1.64 bits per heavy atom. The molecule has 1 aliphatic heterocycles. The van der Waals surface area contributed by atoms with E-state index in [4.69, 9.17) is 4.74 Å². The summed E-state index contributed by atoms with van der Waals surface area (Å²) in [5.41, 5.74) is 0. The molecule has 1 N–H and O–H groups in total. The van der Waals surface area contributed by atoms with Crippen LogP contribution in [0.2, 0.25) is 0 Å². The van der Waals surface area contributed by atoms with Crippen LogP contribution in [0.4, 0.5) is 4.79 Å². The van der Waals surface area contributed by atoms with Crippen LogP contribution in [0.5, 0.6) is 0 Å². The van der Waals surface area contributed by atoms with Crippen molar-refractivity contribution in [1.82, 2.24) is 5.32 Å². The smallest absolute Gasteiger partial charge is 0.438 e. The quantitative estimate of drug-likeness (QED) is 0.567. The first kappa shape index (κ1) is 8.33. The molecule has 4 nitrogen and oxygen atoms in total. The molecule has 1 heterocycles. The lowest BCUT2D eigenvalue weighted by Crippen LogP contribution is -2.36. The highest BCUT2D eigenvalue weighted by atomic mass is 16.7. The van der Waals surface area contributed by atoms with Crippen LogP contribution >= 0.6 is 0 Å². The first-order chi connectivity index (χ1) is 5.33. The molecular formula is C7H13NO3. The van der Waals surface area contributed by atoms with E-state index < -0.39 is 6.16 Å². The van der Waals surface area contributed by atoms with E-state index in [1.165, 1.54) is 7.11 Å². The van der Waals surface area contributed by atoms with E-state index in [-0.39, 0.29) is 6.10 Å². The number of carbonyl (C=O) groups excluding carboxylic acids is 1. The van der Waals surface area contributed by atoms with Gasteiger partial charge in [0.2, 0.25) is 0 Å². The zero-order valence-electron chi connectivity index (χ0n) is 6.63. The van der Waals surface area contributed by atoms with E-state index in [1.54, 1.807) is 0 Å². The van der Waals surface area contributed by atoms with Gasteiger partial charge < -0.3 is 14.8 Å². The van der Waals surface area contributed by atoms with Crippen molar-refractivity contribution < 1.29 is 14.3 Å². The average molecular weight is 159 g/mol. The molecule has 0 aliphatic carbocycles. The minimum Gasteiger partial charge on any atom is -0.438 e. The predicted molar refractivity (Wildman–Crippen MR) is 39.4 cm³/mol. The Kier molecular flexibility index (Phi) is 3.16. The van der Waals surface area contributed by atoms with Crippen molar-refractivity contribution in [3.8, 4) is 0 Å². The number of methoxy groups -OCH3 is 1. The fourth-order valence-electron chi connectivity index (χ4n) is 1.10. The Bertz CT molecular complexity index is 132. The highest BCUT2D eigenvalue weighted by molar-refractivity contribution is 5.59. The lowest BCUT2D eigenvalue weighted by Gasteiger charge is -2.21. The fraction of sp³-hybridized carbons (Fsp3) is 0.857. The van der Waals surface area contributed by atoms with Gasteiger partial charge in [-0.3, -0.25) is 0 Å². The third-order valence-electron chi connectivity index (χ3n) is 1.68. The van der Waals surface area contributed by atoms with Crippen molar-refractivity contribution >= 4 is 6.16 Å². The zero-order chi connectivity index (χ0) is 8.10. The standard InChI is InChI=1S/C7H13NO3/c1-10-7(9)11-6-3-2-4-8-5-6/h6,8H,2-5H2,1H3/t6-/m0/s1. The number of carbonyl (C=O) groups is 1. The van der Waals surface area contributed by atoms with Gasteiger partial charge in [-0.2, -0.15) is 0 Å². The van der Waals surface area contributed by atoms with Crippen LogP contribution in [0.1, 0.15) is 12.8 Å². The van der Waals surface area contributed by atoms with E-state index in [0.29, 0.717) is 0 Å². The van der Waals surface area contributed by atoms with Gasteiger partial charge in [0, 0.05) is 6.54 Å². The molecule has 0 spiro atoms. The molecule has 4 heteroatoms. The number of hydrogen-bond donors (Lipinski definition) is 1. The molecule has 0 saturated carbocycles. The number of nitrogens with one attached hydrogen (secondary N) is 1. The lowest BCUT2D eigenvalue weighted by molar-refractivity contribution is 0.0282. The minimum absolute atomic E-state index is 0.00352. The van der Waals surface area contributed by atoms with Crippen LogP contribution in [-0.4, -0.2) is 32.5 Å². The Morgan fingerprint density at radius 2 is 2.45 bits per heavy atom. The van der Waals surface area contributed by atoms with Crippen LogP contribution in [0, 0.1) is 0 Å². The summed E-state index contributed by atoms with van der Waals surface area (Å²) < 4.78 is 9.28. The summed E-state index contributed by atoms with van der Waals surface area (Å²) in [6.45, 7) is 1.76. The van der Waals surface area contributed by atoms with Gasteiger partial charge in [-0.15, -0.1) is 0 Å². The first-order valence-corrected chi connectivity index (χ1v) is 3.78. The summed E-state index contributed by atoms with van der Waals surface area (Å²) in [4.78, 5) is 10.6. The fourth-order valence-corrected chi connectivity index (χ4v) is 1.10. The van der Waals surface area contributed by atoms with Crippen molar-refractivity contribution in [3.05, 3.63) is 0 Å². The molecule has 1 atom stereocenters. The molecule has 11 heavy (non-hydrogen) atoms. The molecule has 0 aromatic carbocycles. The van der Waals surface area contributed by atoms with Gasteiger partial charge in [-0.25, -0.2) is 4.79 Å². The number of hydrogen-bond acceptors (Lipinski definition) is 4. The number of ether oxygens (including phenoxy) is 2. The Balaban J connectivity index is 2.19. The second-order valence-corrected chi connectivity index (χ2v) is 2.54. The van der Waals surface area contributed by atoms with Crippen molar-refractivity contribution in [2.24, 2.45) is 0 Å². The summed E-state index contributed by atoms with van der Waals surface area (Å²) in [5, 5.41) is 3.13. The molecule has 0 amide bonds. The van der Waals surface area contributed by atoms with Crippen LogP contribution in [0.3, 0.4) is 0 Å². The molecule has 0 radical (unpaired) electrons. The largest absolute Gasteiger partial charge is 0.508 e. The van der Waals surface area contributed by atoms with Crippen LogP contribution in [-0.2, 0) is 9.47 Å². The molecular weight excluding hydrogens is 146 g/mol. The summed E-state index contributed by atoms with van der Waals surface area (Å²) in [7, 11) is 1.32. The highest BCUT2D eigenvalue weighted by Gasteiger charge is 2.16. The second-order valence-electron chi connectivity index (χ2n) is 2.54. The lowest BCUT2D eigenvalue weighted by atomic mass is 10.1. The monoisotopic (exact) mass is 159 g/mol. The van der Waals surface area contributed by atoms with Crippen molar-refractivity contribution in [2.45, 2.75) is 18.9 Å². The van der Waals surface area contributed by atoms with Crippen molar-refractivity contribution in [3.63, 3.8) is 0 Å². The van der Waals surface area contributed by atoms with Crippen LogP contribution in [0.15, 0.2) is 0 Å². The normalized spacial score (nSPS) is 24.3. The summed E-state index contributed by atoms with van der Waals surface area (Å²) in [5.74, 6) is 0. The number of piperidine rings is 1. The van der Waals surface area contributed by atoms with Gasteiger partial charge in [0.05, 0.1) is 7.11 Å². The topological polar surface area (TPSA) is 47.6 Å². The maximum Gasteiger partial charge on any atom is 0.508 e. The Morgan fingerprint density at radius 3 is 3.00 bits per heavy atom. The van der Waals surface area contributed by atoms with Crippen LogP contribution < -0.4 is 5.32 Å². The van der Waals surface area contributed by atoms with E-state index >= 15 is 0 Å². The van der Waals surface area contributed by atoms with Gasteiger partial charge in [-0.1, -0.05) is 0 Å². The zero-order valence-corrected chi connectivity index (χ0v) is 6.63. The number of rotatable bonds is 1. The minimum atomic E-state index is -0.585. The van der Waals surface area contributed by atoms with E-state index in [9.17, 15) is 4.79 Å². The molecule has 0 bridgehead atoms. The van der Waals surface area contributed by atoms with Gasteiger partial charge in [0.15, 0.2) is 0 Å². The van der Waals surface area contributed by atoms with E-state index in [1.807, 2.05) is 0 Å². The van der Waals surface area contributed by atoms with E-state index in [0.717, 1.165) is 25.9 Å². The van der Waals surface area contributed by atoms with E-state index in [2.05, 4.69) is 10.1 Å². The highest BCUT2D eigenvalue weighted by Crippen LogP contribution is 2.06. The van der Waals surface area contributed by atoms with Gasteiger partial charge in [-0.05, 0) is 19.4 Å². The van der Waals surface area contributed by atoms with Gasteiger partial charge in [0.1, 0.15) is 6.10 Å². The van der Waals surface area contributed by atoms with Crippen molar-refractivity contribution in [1.29, 1.82) is 0 Å². The summed E-state index contributed by atoms with van der Waals surface area (Å²) in [6, 6.07) is 0. The molecule has 1 aliphatic rings. The molecule has 0 aromatic rings. The van der Waals surface area contributed by atoms with Gasteiger partial charge >= 0.3 is 6.16 Å². The summed E-state index contributed by atoms with van der Waals surface area (Å²) in [6.07, 6.45) is 1.40. The van der Waals surface area contributed by atoms with Crippen molar-refractivity contribution in [2.75, 3.05) is 20.2 Å². The maximum absolute atomic E-state index is 10.6. The first-order valence-electron chi connectivity index (χ1n) is 3.78. The summed E-state index contributed by atoms with van der Waals surface area (Å²) >= 11 is 0. The molecule has 64 valence electrons. The Hall–Kier alpha value is -0.770. The predicted octanol–water partition coefficient (Wildman–Crippen LogP) is 0.521. The second kappa shape index (κ2) is 4.18. The van der Waals surface area contributed by atoms with Crippen LogP contribution in [0.25, 0.3) is 0 Å². The SMILES string of the molecule is COC(=O)O[C@H]1CCCNC1. The van der Waals surface area contributed by atoms with Gasteiger partial charge in [0.25, 0.3) is 0 Å². The molecule has 1 saturated heterocycles. The average Bonchev–Trinajstić information content (AvgIpc) is 2.06. The maximum atomic E-state index is 10.6. The molecule has 0 unspecified atom stereocenters. The Labute approximate surface area is 65.9 Å². The molecule has 1 rings (SSSR count).